The maximum atomic E-state index is 5.55. The second kappa shape index (κ2) is 4.62. The van der Waals surface area contributed by atoms with E-state index in [1.54, 1.807) is 4.68 Å². The standard InChI is InChI=1S/C8H14BrN3O/c1-6(2)13-4-3-12-5-7(9)8(10)11-12/h5-6H,3-4H2,1-2H3,(H2,10,11). The summed E-state index contributed by atoms with van der Waals surface area (Å²) in [6, 6.07) is 0. The second-order valence-electron chi connectivity index (χ2n) is 3.04. The van der Waals surface area contributed by atoms with Crippen LogP contribution in [0.25, 0.3) is 0 Å². The number of halogens is 1. The Kier molecular flexibility index (Phi) is 3.74. The molecule has 0 saturated heterocycles. The fourth-order valence-corrected chi connectivity index (χ4v) is 1.22. The molecule has 0 aromatic carbocycles. The predicted octanol–water partition coefficient (Wildman–Crippen LogP) is 1.65. The lowest BCUT2D eigenvalue weighted by Crippen LogP contribution is -2.10. The van der Waals surface area contributed by atoms with Crippen LogP contribution < -0.4 is 5.73 Å². The monoisotopic (exact) mass is 247 g/mol. The van der Waals surface area contributed by atoms with Crippen LogP contribution in [0.5, 0.6) is 0 Å². The summed E-state index contributed by atoms with van der Waals surface area (Å²) in [6.45, 7) is 5.40. The molecule has 1 aromatic rings. The molecule has 0 bridgehead atoms. The second-order valence-corrected chi connectivity index (χ2v) is 3.90. The molecule has 0 atom stereocenters. The van der Waals surface area contributed by atoms with E-state index in [1.165, 1.54) is 0 Å². The van der Waals surface area contributed by atoms with Gasteiger partial charge in [-0.15, -0.1) is 0 Å². The smallest absolute Gasteiger partial charge is 0.159 e. The number of aromatic nitrogens is 2. The molecule has 4 nitrogen and oxygen atoms in total. The lowest BCUT2D eigenvalue weighted by molar-refractivity contribution is 0.0710. The Morgan fingerprint density at radius 1 is 1.69 bits per heavy atom. The third-order valence-electron chi connectivity index (χ3n) is 1.51. The van der Waals surface area contributed by atoms with E-state index in [0.29, 0.717) is 12.4 Å². The molecule has 0 fully saturated rings. The Balaban J connectivity index is 2.37. The zero-order valence-corrected chi connectivity index (χ0v) is 9.41. The normalized spacial score (nSPS) is 11.1. The number of rotatable bonds is 4. The van der Waals surface area contributed by atoms with Gasteiger partial charge in [0, 0.05) is 6.20 Å². The topological polar surface area (TPSA) is 53.1 Å². The quantitative estimate of drug-likeness (QED) is 0.881. The first-order valence-corrected chi connectivity index (χ1v) is 4.99. The summed E-state index contributed by atoms with van der Waals surface area (Å²) < 4.78 is 7.97. The molecular formula is C8H14BrN3O. The van der Waals surface area contributed by atoms with Crippen LogP contribution in [0.3, 0.4) is 0 Å². The van der Waals surface area contributed by atoms with Gasteiger partial charge in [0.05, 0.1) is 23.7 Å². The maximum Gasteiger partial charge on any atom is 0.159 e. The summed E-state index contributed by atoms with van der Waals surface area (Å²) in [6.07, 6.45) is 2.11. The van der Waals surface area contributed by atoms with Gasteiger partial charge >= 0.3 is 0 Å². The highest BCUT2D eigenvalue weighted by Crippen LogP contribution is 2.15. The fraction of sp³-hybridized carbons (Fsp3) is 0.625. The van der Waals surface area contributed by atoms with Crippen molar-refractivity contribution in [2.75, 3.05) is 12.3 Å². The first-order chi connectivity index (χ1) is 6.09. The highest BCUT2D eigenvalue weighted by Gasteiger charge is 2.01. The molecular weight excluding hydrogens is 234 g/mol. The summed E-state index contributed by atoms with van der Waals surface area (Å²) in [7, 11) is 0. The molecule has 0 spiro atoms. The van der Waals surface area contributed by atoms with Gasteiger partial charge < -0.3 is 10.5 Å². The third-order valence-corrected chi connectivity index (χ3v) is 2.13. The summed E-state index contributed by atoms with van der Waals surface area (Å²) in [5, 5.41) is 4.07. The Morgan fingerprint density at radius 2 is 2.38 bits per heavy atom. The van der Waals surface area contributed by atoms with Gasteiger partial charge in [-0.3, -0.25) is 4.68 Å². The molecule has 0 radical (unpaired) electrons. The minimum Gasteiger partial charge on any atom is -0.381 e. The number of hydrogen-bond acceptors (Lipinski definition) is 3. The zero-order chi connectivity index (χ0) is 9.84. The molecule has 0 aliphatic rings. The van der Waals surface area contributed by atoms with Gasteiger partial charge in [0.15, 0.2) is 5.82 Å². The molecule has 0 saturated carbocycles. The van der Waals surface area contributed by atoms with Crippen molar-refractivity contribution >= 4 is 21.7 Å². The van der Waals surface area contributed by atoms with E-state index >= 15 is 0 Å². The van der Waals surface area contributed by atoms with Crippen molar-refractivity contribution in [2.24, 2.45) is 0 Å². The highest BCUT2D eigenvalue weighted by atomic mass is 79.9. The SMILES string of the molecule is CC(C)OCCn1cc(Br)c(N)n1. The predicted molar refractivity (Wildman–Crippen MR) is 55.4 cm³/mol. The molecule has 0 amide bonds. The molecule has 0 aliphatic heterocycles. The fourth-order valence-electron chi connectivity index (χ4n) is 0.908. The molecule has 5 heteroatoms. The molecule has 74 valence electrons. The Bertz CT molecular complexity index is 253. The lowest BCUT2D eigenvalue weighted by Gasteiger charge is -2.06. The van der Waals surface area contributed by atoms with Gasteiger partial charge in [-0.2, -0.15) is 5.10 Å². The summed E-state index contributed by atoms with van der Waals surface area (Å²) in [4.78, 5) is 0. The summed E-state index contributed by atoms with van der Waals surface area (Å²) in [5.74, 6) is 0.518. The number of anilines is 1. The van der Waals surface area contributed by atoms with Crippen molar-refractivity contribution in [3.05, 3.63) is 10.7 Å². The molecule has 0 aliphatic carbocycles. The van der Waals surface area contributed by atoms with Crippen LogP contribution in [0.1, 0.15) is 13.8 Å². The third kappa shape index (κ3) is 3.36. The van der Waals surface area contributed by atoms with Crippen LogP contribution in [0.15, 0.2) is 10.7 Å². The van der Waals surface area contributed by atoms with Crippen LogP contribution in [0.4, 0.5) is 5.82 Å². The van der Waals surface area contributed by atoms with Gasteiger partial charge in [-0.1, -0.05) is 0 Å². The van der Waals surface area contributed by atoms with Crippen LogP contribution in [-0.2, 0) is 11.3 Å². The molecule has 1 rings (SSSR count). The summed E-state index contributed by atoms with van der Waals surface area (Å²) in [5.41, 5.74) is 5.55. The number of hydrogen-bond donors (Lipinski definition) is 1. The Morgan fingerprint density at radius 3 is 2.85 bits per heavy atom. The zero-order valence-electron chi connectivity index (χ0n) is 7.83. The molecule has 0 unspecified atom stereocenters. The van der Waals surface area contributed by atoms with Crippen LogP contribution >= 0.6 is 15.9 Å². The van der Waals surface area contributed by atoms with Crippen molar-refractivity contribution in [1.82, 2.24) is 9.78 Å². The minimum atomic E-state index is 0.261. The van der Waals surface area contributed by atoms with E-state index < -0.39 is 0 Å². The van der Waals surface area contributed by atoms with Crippen molar-refractivity contribution < 1.29 is 4.74 Å². The van der Waals surface area contributed by atoms with Crippen LogP contribution in [-0.4, -0.2) is 22.5 Å². The average molecular weight is 248 g/mol. The van der Waals surface area contributed by atoms with E-state index in [4.69, 9.17) is 10.5 Å². The minimum absolute atomic E-state index is 0.261. The number of nitrogen functional groups attached to an aromatic ring is 1. The van der Waals surface area contributed by atoms with E-state index in [0.717, 1.165) is 11.0 Å². The van der Waals surface area contributed by atoms with Gasteiger partial charge in [0.1, 0.15) is 0 Å². The molecule has 1 aromatic heterocycles. The van der Waals surface area contributed by atoms with E-state index in [9.17, 15) is 0 Å². The van der Waals surface area contributed by atoms with Crippen LogP contribution in [0, 0.1) is 0 Å². The lowest BCUT2D eigenvalue weighted by atomic mass is 10.5. The van der Waals surface area contributed by atoms with Crippen LogP contribution in [0.2, 0.25) is 0 Å². The van der Waals surface area contributed by atoms with Gasteiger partial charge in [-0.25, -0.2) is 0 Å². The average Bonchev–Trinajstić information content (AvgIpc) is 2.30. The maximum absolute atomic E-state index is 5.55. The van der Waals surface area contributed by atoms with Gasteiger partial charge in [-0.05, 0) is 29.8 Å². The van der Waals surface area contributed by atoms with Crippen molar-refractivity contribution in [1.29, 1.82) is 0 Å². The van der Waals surface area contributed by atoms with Gasteiger partial charge in [0.25, 0.3) is 0 Å². The van der Waals surface area contributed by atoms with E-state index in [-0.39, 0.29) is 6.10 Å². The van der Waals surface area contributed by atoms with Gasteiger partial charge in [0.2, 0.25) is 0 Å². The van der Waals surface area contributed by atoms with Crippen molar-refractivity contribution in [3.63, 3.8) is 0 Å². The molecule has 1 heterocycles. The Labute approximate surface area is 86.2 Å². The van der Waals surface area contributed by atoms with E-state index in [1.807, 2.05) is 20.0 Å². The Hall–Kier alpha value is -0.550. The van der Waals surface area contributed by atoms with E-state index in [2.05, 4.69) is 21.0 Å². The molecule has 2 N–H and O–H groups in total. The van der Waals surface area contributed by atoms with Crippen molar-refractivity contribution in [2.45, 2.75) is 26.5 Å². The number of ether oxygens (including phenoxy) is 1. The largest absolute Gasteiger partial charge is 0.381 e. The first kappa shape index (κ1) is 10.5. The molecule has 13 heavy (non-hydrogen) atoms. The number of nitrogens with two attached hydrogens (primary N) is 1. The summed E-state index contributed by atoms with van der Waals surface area (Å²) >= 11 is 3.29. The van der Waals surface area contributed by atoms with Crippen molar-refractivity contribution in [3.8, 4) is 0 Å². The highest BCUT2D eigenvalue weighted by molar-refractivity contribution is 9.10. The first-order valence-electron chi connectivity index (χ1n) is 4.19. The number of nitrogens with zero attached hydrogens (tertiary/aromatic N) is 2.